The molecule has 6 heterocycles. The molecule has 0 radical (unpaired) electrons. The van der Waals surface area contributed by atoms with Gasteiger partial charge in [0.2, 0.25) is 11.6 Å². The van der Waals surface area contributed by atoms with Gasteiger partial charge in [-0.3, -0.25) is 9.59 Å². The highest BCUT2D eigenvalue weighted by atomic mass is 79.9. The van der Waals surface area contributed by atoms with Gasteiger partial charge in [-0.1, -0.05) is 54.6 Å². The number of aliphatic hydroxyl groups excluding tert-OH is 2. The first-order chi connectivity index (χ1) is 70.7. The Balaban J connectivity index is 0.000000151. The van der Waals surface area contributed by atoms with Crippen LogP contribution in [-0.4, -0.2) is 219 Å². The molecule has 36 heteroatoms. The fourth-order valence-electron chi connectivity index (χ4n) is 16.0. The van der Waals surface area contributed by atoms with Gasteiger partial charge in [0.05, 0.1) is 136 Å². The molecule has 0 atom stereocenters. The summed E-state index contributed by atoms with van der Waals surface area (Å²) in [6.07, 6.45) is -1.27. The summed E-state index contributed by atoms with van der Waals surface area (Å²) in [5, 5.41) is 47.5. The number of aromatic hydroxyl groups is 3. The third-order valence-corrected chi connectivity index (χ3v) is 26.3. The maximum atomic E-state index is 12.0. The molecule has 13 aromatic carbocycles. The summed E-state index contributed by atoms with van der Waals surface area (Å²) in [4.78, 5) is 23.8. The molecule has 0 unspecified atom stereocenters. The van der Waals surface area contributed by atoms with E-state index in [-0.39, 0.29) is 85.6 Å². The monoisotopic (exact) mass is 2300 g/mol. The molecule has 0 aromatic heterocycles. The molecular formula is C110H110Br4Cl2O30. The Morgan fingerprint density at radius 2 is 0.555 bits per heavy atom. The van der Waals surface area contributed by atoms with Crippen molar-refractivity contribution in [2.45, 2.75) is 28.5 Å². The lowest BCUT2D eigenvalue weighted by molar-refractivity contribution is -0.123. The van der Waals surface area contributed by atoms with Crippen molar-refractivity contribution in [3.8, 4) is 149 Å². The molecule has 6 aliphatic rings. The predicted octanol–water partition coefficient (Wildman–Crippen LogP) is 21.0. The van der Waals surface area contributed by atoms with Crippen LogP contribution in [0.4, 0.5) is 0 Å². The van der Waals surface area contributed by atoms with E-state index in [1.807, 2.05) is 97.1 Å². The molecule has 19 rings (SSSR count). The first-order valence-electron chi connectivity index (χ1n) is 45.1. The van der Waals surface area contributed by atoms with Gasteiger partial charge in [0, 0.05) is 54.2 Å². The molecule has 13 aromatic rings. The standard InChI is InChI=1S/C17H16Br2O5.C17H14Br2O4.C17H20O5.C17H18O5.C17H16O4.C15H12O4.C7H8O2.C3H6Cl2O/c1-21-12-3-5-14(18)16(7-12)23-9-11(20)10-24-17-8-13(22-2)4-6-15(17)19;1-20-11-5-3-9(18)15-13(11)17(7-22-15)8-23-16-10(19)4-6-12(21-2)14(16)17;2*1-19-14-5-3-7-16(9-14)21-11-13(18)12-22-17-8-4-6-15(10-17)20-2;1-18-11-5-3-7-13-15(11)17(9-20-13)10-21-14-8-4-6-12(19-2)16(14)17;16-9-3-1-5-11-13(9)15(7-18-11)8-19-12-6-2-4-10(17)14(12)15;1-9-7-4-2-3-6(8)5-7;4-1-3(6)2-5/h3-8H,9-10H2,1-2H3;3-6H,7-8H2,1-2H3;3-10,13,18H,11-12H2,1-2H3;3-10H,11-12H2,1-2H3;3-8H,9-10H2,1-2H3;1-6,16-17H,7-8H2;2-5,8H,1H3;3,6H,1-2H2. The molecular weight excluding hydrogens is 2190 g/mol. The van der Waals surface area contributed by atoms with E-state index in [9.17, 15) is 24.9 Å². The van der Waals surface area contributed by atoms with Crippen molar-refractivity contribution in [1.29, 1.82) is 0 Å². The highest BCUT2D eigenvalue weighted by Gasteiger charge is 2.56. The summed E-state index contributed by atoms with van der Waals surface area (Å²) in [6.45, 7) is 2.73. The number of rotatable bonds is 31. The van der Waals surface area contributed by atoms with Crippen LogP contribution in [0.3, 0.4) is 0 Å². The quantitative estimate of drug-likeness (QED) is 0.0252. The molecule has 0 aliphatic carbocycles. The summed E-state index contributed by atoms with van der Waals surface area (Å²) in [5.41, 5.74) is 4.12. The van der Waals surface area contributed by atoms with Crippen LogP contribution < -0.4 is 109 Å². The molecule has 0 amide bonds. The van der Waals surface area contributed by atoms with Crippen molar-refractivity contribution in [3.63, 3.8) is 0 Å². The van der Waals surface area contributed by atoms with Crippen LogP contribution in [0, 0.1) is 0 Å². The second-order valence-corrected chi connectivity index (χ2v) is 36.4. The lowest BCUT2D eigenvalue weighted by Gasteiger charge is -2.24. The summed E-state index contributed by atoms with van der Waals surface area (Å²) in [7, 11) is 17.7. The Bertz CT molecular complexity index is 6180. The van der Waals surface area contributed by atoms with Gasteiger partial charge in [0.1, 0.15) is 238 Å². The summed E-state index contributed by atoms with van der Waals surface area (Å²) < 4.78 is 129. The zero-order valence-electron chi connectivity index (χ0n) is 81.5. The van der Waals surface area contributed by atoms with Crippen LogP contribution in [-0.2, 0) is 25.8 Å². The first kappa shape index (κ1) is 111. The second-order valence-electron chi connectivity index (χ2n) is 32.3. The third-order valence-electron chi connectivity index (χ3n) is 23.0. The lowest BCUT2D eigenvalue weighted by Crippen LogP contribution is -2.32. The van der Waals surface area contributed by atoms with Gasteiger partial charge in [-0.25, -0.2) is 0 Å². The molecule has 772 valence electrons. The van der Waals surface area contributed by atoms with Crippen molar-refractivity contribution in [2.24, 2.45) is 0 Å². The van der Waals surface area contributed by atoms with Crippen molar-refractivity contribution in [1.82, 2.24) is 0 Å². The topological polar surface area (TPSA) is 348 Å². The van der Waals surface area contributed by atoms with Gasteiger partial charge in [0.25, 0.3) is 0 Å². The maximum Gasteiger partial charge on any atom is 0.207 e. The number of ether oxygens (including phenoxy) is 23. The van der Waals surface area contributed by atoms with Crippen molar-refractivity contribution in [3.05, 3.63) is 306 Å². The van der Waals surface area contributed by atoms with Crippen LogP contribution in [0.15, 0.2) is 273 Å². The minimum atomic E-state index is -0.739. The molecule has 3 spiro atoms. The molecule has 0 saturated carbocycles. The number of hydrogen-bond acceptors (Lipinski definition) is 30. The Hall–Kier alpha value is -13.6. The van der Waals surface area contributed by atoms with Gasteiger partial charge in [-0.05, 0) is 221 Å². The summed E-state index contributed by atoms with van der Waals surface area (Å²) >= 11 is 24.1. The van der Waals surface area contributed by atoms with Gasteiger partial charge in [-0.2, -0.15) is 0 Å². The average Bonchev–Trinajstić information content (AvgIpc) is 1.55. The van der Waals surface area contributed by atoms with Crippen LogP contribution in [0.2, 0.25) is 0 Å². The van der Waals surface area contributed by atoms with Crippen LogP contribution in [0.25, 0.3) is 0 Å². The number of benzene rings is 13. The SMILES string of the molecule is COc1ccc(Br)c(OCC(=O)COc2cc(OC)ccc2Br)c1.COc1ccc(Br)c2c1C1(CO2)COc2c(Br)ccc(OC)c21.COc1cccc(O)c1.COc1cccc(OCC(=O)COc2cccc(OC)c2)c1.COc1cccc(OCC(O)COc2cccc(OC)c2)c1.COc1cccc2c1C1(CO2)COc2cccc(OC)c21.OC(CCl)CCl.Oc1cccc2c1C1(CO2)COc2cccc(O)c21. The van der Waals surface area contributed by atoms with E-state index < -0.39 is 23.0 Å². The number of fused-ring (bicyclic) bond motifs is 12. The minimum Gasteiger partial charge on any atom is -0.508 e. The largest absolute Gasteiger partial charge is 0.508 e. The molecule has 30 nitrogen and oxygen atoms in total. The number of ketones is 2. The fourth-order valence-corrected chi connectivity index (χ4v) is 17.9. The van der Waals surface area contributed by atoms with Gasteiger partial charge in [0.15, 0.2) is 13.2 Å². The smallest absolute Gasteiger partial charge is 0.207 e. The summed E-state index contributed by atoms with van der Waals surface area (Å²) in [6, 6.07) is 75.8. The number of carbonyl (C=O) groups is 2. The number of carbonyl (C=O) groups excluding carboxylic acids is 2. The number of phenols is 3. The van der Waals surface area contributed by atoms with Gasteiger partial charge < -0.3 is 134 Å². The van der Waals surface area contributed by atoms with E-state index in [0.29, 0.717) is 137 Å². The van der Waals surface area contributed by atoms with Crippen molar-refractivity contribution >= 4 is 98.5 Å². The zero-order chi connectivity index (χ0) is 104. The van der Waals surface area contributed by atoms with Crippen molar-refractivity contribution < 1.29 is 144 Å². The van der Waals surface area contributed by atoms with E-state index in [1.54, 1.807) is 236 Å². The highest BCUT2D eigenvalue weighted by molar-refractivity contribution is 9.11. The lowest BCUT2D eigenvalue weighted by atomic mass is 9.77. The fraction of sp³-hybridized carbons (Fsp3) is 0.273. The van der Waals surface area contributed by atoms with E-state index in [0.717, 1.165) is 86.1 Å². The van der Waals surface area contributed by atoms with Gasteiger partial charge >= 0.3 is 0 Å². The Morgan fingerprint density at radius 3 is 0.884 bits per heavy atom. The minimum absolute atomic E-state index is 0.0584. The molecule has 0 bridgehead atoms. The Labute approximate surface area is 889 Å². The normalized spacial score (nSPS) is 13.0. The number of Topliss-reactive ketones (excluding diaryl/α,β-unsaturated/α-hetero) is 2. The second kappa shape index (κ2) is 54.0. The van der Waals surface area contributed by atoms with Crippen molar-refractivity contribution in [2.75, 3.05) is 169 Å². The van der Waals surface area contributed by atoms with Crippen LogP contribution >= 0.6 is 86.9 Å². The average molecular weight is 2300 g/mol. The Morgan fingerprint density at radius 1 is 0.281 bits per heavy atom. The van der Waals surface area contributed by atoms with E-state index in [1.165, 1.54) is 0 Å². The summed E-state index contributed by atoms with van der Waals surface area (Å²) in [5.74, 6) is 16.8. The number of phenolic OH excluding ortho intramolecular Hbond substituents is 3. The molecule has 0 saturated heterocycles. The third kappa shape index (κ3) is 27.8. The van der Waals surface area contributed by atoms with E-state index >= 15 is 0 Å². The highest BCUT2D eigenvalue weighted by Crippen LogP contribution is 2.61. The number of hydrogen-bond donors (Lipinski definition) is 5. The van der Waals surface area contributed by atoms with Crippen LogP contribution in [0.5, 0.6) is 149 Å². The Kier molecular flexibility index (Phi) is 41.1. The van der Waals surface area contributed by atoms with Crippen LogP contribution in [0.1, 0.15) is 33.4 Å². The first-order valence-corrected chi connectivity index (χ1v) is 49.3. The maximum absolute atomic E-state index is 12.0. The number of aliphatic hydroxyl groups is 2. The molecule has 6 aliphatic heterocycles. The molecule has 0 fully saturated rings. The van der Waals surface area contributed by atoms with Gasteiger partial charge in [-0.15, -0.1) is 23.2 Å². The molecule has 146 heavy (non-hydrogen) atoms. The number of halogens is 6. The van der Waals surface area contributed by atoms with E-state index in [2.05, 4.69) is 63.7 Å². The number of methoxy groups -OCH3 is 11. The molecule has 5 N–H and O–H groups in total. The zero-order valence-corrected chi connectivity index (χ0v) is 89.4. The van der Waals surface area contributed by atoms with E-state index in [4.69, 9.17) is 142 Å². The number of alkyl halides is 2. The predicted molar refractivity (Wildman–Crippen MR) is 563 cm³/mol.